The molecule has 0 bridgehead atoms. The molecular weight excluding hydrogens is 285 g/mol. The lowest BCUT2D eigenvalue weighted by Crippen LogP contribution is -2.01. The molecule has 0 saturated heterocycles. The van der Waals surface area contributed by atoms with Gasteiger partial charge in [-0.3, -0.25) is 10.1 Å². The fourth-order valence-corrected chi connectivity index (χ4v) is 1.96. The minimum atomic E-state index is -0.522. The lowest BCUT2D eigenvalue weighted by atomic mass is 10.1. The number of pyridine rings is 1. The zero-order valence-corrected chi connectivity index (χ0v) is 11.3. The van der Waals surface area contributed by atoms with Crippen molar-refractivity contribution >= 4 is 23.1 Å². The maximum absolute atomic E-state index is 13.4. The van der Waals surface area contributed by atoms with Gasteiger partial charge in [0.2, 0.25) is 0 Å². The molecule has 0 unspecified atom stereocenters. The average Bonchev–Trinajstić information content (AvgIpc) is 2.37. The molecule has 0 aliphatic carbocycles. The van der Waals surface area contributed by atoms with Crippen LogP contribution in [0.2, 0.25) is 5.02 Å². The number of anilines is 1. The second-order valence-electron chi connectivity index (χ2n) is 4.04. The van der Waals surface area contributed by atoms with Crippen LogP contribution in [0.5, 0.6) is 0 Å². The highest BCUT2D eigenvalue weighted by Gasteiger charge is 2.13. The predicted molar refractivity (Wildman–Crippen MR) is 75.5 cm³/mol. The van der Waals surface area contributed by atoms with Gasteiger partial charge in [0.25, 0.3) is 5.69 Å². The fraction of sp³-hybridized carbons (Fsp3) is 0.154. The molecule has 0 fully saturated rings. The summed E-state index contributed by atoms with van der Waals surface area (Å²) in [4.78, 5) is 14.6. The second-order valence-corrected chi connectivity index (χ2v) is 4.48. The molecular formula is C13H11ClFN3O2. The molecule has 0 aliphatic rings. The summed E-state index contributed by atoms with van der Waals surface area (Å²) >= 11 is 5.79. The average molecular weight is 296 g/mol. The summed E-state index contributed by atoms with van der Waals surface area (Å²) in [5.41, 5.74) is 0.556. The van der Waals surface area contributed by atoms with E-state index in [-0.39, 0.29) is 16.4 Å². The number of rotatable bonds is 4. The van der Waals surface area contributed by atoms with Gasteiger partial charge in [0.1, 0.15) is 11.6 Å². The molecule has 0 saturated carbocycles. The lowest BCUT2D eigenvalue weighted by Gasteiger charge is -2.07. The third kappa shape index (κ3) is 3.21. The van der Waals surface area contributed by atoms with E-state index in [0.29, 0.717) is 17.9 Å². The van der Waals surface area contributed by atoms with Crippen molar-refractivity contribution in [2.75, 3.05) is 11.9 Å². The highest BCUT2D eigenvalue weighted by atomic mass is 35.5. The summed E-state index contributed by atoms with van der Waals surface area (Å²) in [7, 11) is 0. The van der Waals surface area contributed by atoms with Crippen LogP contribution in [0.15, 0.2) is 30.3 Å². The molecule has 0 spiro atoms. The first-order valence-corrected chi connectivity index (χ1v) is 6.24. The Kier molecular flexibility index (Phi) is 4.14. The predicted octanol–water partition coefficient (Wildman–Crippen LogP) is 3.88. The number of nitro groups is 1. The van der Waals surface area contributed by atoms with Gasteiger partial charge in [-0.1, -0.05) is 11.6 Å². The van der Waals surface area contributed by atoms with E-state index in [0.717, 1.165) is 6.07 Å². The van der Waals surface area contributed by atoms with E-state index in [1.54, 1.807) is 0 Å². The Balaban J connectivity index is 2.56. The zero-order valence-electron chi connectivity index (χ0n) is 10.6. The lowest BCUT2D eigenvalue weighted by molar-refractivity contribution is -0.384. The number of hydrogen-bond donors (Lipinski definition) is 1. The Morgan fingerprint density at radius 1 is 1.35 bits per heavy atom. The van der Waals surface area contributed by atoms with Crippen LogP contribution in [0.3, 0.4) is 0 Å². The number of nitrogens with one attached hydrogen (secondary N) is 1. The first kappa shape index (κ1) is 14.2. The molecule has 5 nitrogen and oxygen atoms in total. The summed E-state index contributed by atoms with van der Waals surface area (Å²) in [6, 6.07) is 6.51. The van der Waals surface area contributed by atoms with E-state index < -0.39 is 10.7 Å². The van der Waals surface area contributed by atoms with Crippen LogP contribution >= 0.6 is 11.6 Å². The van der Waals surface area contributed by atoms with E-state index in [1.807, 2.05) is 6.92 Å². The molecule has 7 heteroatoms. The van der Waals surface area contributed by atoms with Gasteiger partial charge >= 0.3 is 0 Å². The minimum Gasteiger partial charge on any atom is -0.370 e. The van der Waals surface area contributed by atoms with Crippen molar-refractivity contribution < 1.29 is 9.31 Å². The Hall–Kier alpha value is -2.21. The van der Waals surface area contributed by atoms with Crippen LogP contribution in [0.4, 0.5) is 15.9 Å². The monoisotopic (exact) mass is 295 g/mol. The second kappa shape index (κ2) is 5.83. The summed E-state index contributed by atoms with van der Waals surface area (Å²) in [5, 5.41) is 14.0. The van der Waals surface area contributed by atoms with Gasteiger partial charge in [-0.05, 0) is 25.1 Å². The first-order chi connectivity index (χ1) is 9.49. The van der Waals surface area contributed by atoms with Crippen molar-refractivity contribution in [1.82, 2.24) is 4.98 Å². The number of hydrogen-bond acceptors (Lipinski definition) is 4. The first-order valence-electron chi connectivity index (χ1n) is 5.86. The van der Waals surface area contributed by atoms with Crippen molar-refractivity contribution in [3.63, 3.8) is 0 Å². The summed E-state index contributed by atoms with van der Waals surface area (Å²) in [5.74, 6) is -0.164. The van der Waals surface area contributed by atoms with Crippen molar-refractivity contribution in [1.29, 1.82) is 0 Å². The molecule has 1 heterocycles. The number of aromatic nitrogens is 1. The quantitative estimate of drug-likeness (QED) is 0.686. The number of benzene rings is 1. The standard InChI is InChI=1S/C13H11ClFN3O2/c1-2-16-13-7-11(18(19)20)6-12(17-13)8-3-9(14)5-10(15)4-8/h3-7H,2H2,1H3,(H,16,17). The minimum absolute atomic E-state index is 0.119. The summed E-state index contributed by atoms with van der Waals surface area (Å²) in [6.45, 7) is 2.41. The molecule has 1 aromatic carbocycles. The Morgan fingerprint density at radius 3 is 2.70 bits per heavy atom. The molecule has 0 aliphatic heterocycles. The van der Waals surface area contributed by atoms with Gasteiger partial charge in [-0.25, -0.2) is 9.37 Å². The molecule has 104 valence electrons. The van der Waals surface area contributed by atoms with Crippen molar-refractivity contribution in [2.24, 2.45) is 0 Å². The molecule has 1 aromatic heterocycles. The molecule has 0 amide bonds. The van der Waals surface area contributed by atoms with Crippen molar-refractivity contribution in [2.45, 2.75) is 6.92 Å². The summed E-state index contributed by atoms with van der Waals surface area (Å²) in [6.07, 6.45) is 0. The van der Waals surface area contributed by atoms with E-state index in [4.69, 9.17) is 11.6 Å². The van der Waals surface area contributed by atoms with Gasteiger partial charge in [-0.2, -0.15) is 0 Å². The van der Waals surface area contributed by atoms with Crippen LogP contribution < -0.4 is 5.32 Å². The number of halogens is 2. The third-order valence-electron chi connectivity index (χ3n) is 2.54. The van der Waals surface area contributed by atoms with Crippen molar-refractivity contribution in [3.05, 3.63) is 51.3 Å². The van der Waals surface area contributed by atoms with Crippen LogP contribution in [-0.4, -0.2) is 16.5 Å². The van der Waals surface area contributed by atoms with E-state index in [9.17, 15) is 14.5 Å². The highest BCUT2D eigenvalue weighted by molar-refractivity contribution is 6.30. The van der Waals surface area contributed by atoms with Gasteiger partial charge in [0, 0.05) is 23.2 Å². The normalized spacial score (nSPS) is 10.3. The SMILES string of the molecule is CCNc1cc([N+](=O)[O-])cc(-c2cc(F)cc(Cl)c2)n1. The molecule has 2 rings (SSSR count). The fourth-order valence-electron chi connectivity index (χ4n) is 1.74. The van der Waals surface area contributed by atoms with Crippen LogP contribution in [0, 0.1) is 15.9 Å². The third-order valence-corrected chi connectivity index (χ3v) is 2.76. The number of nitrogens with zero attached hydrogens (tertiary/aromatic N) is 2. The molecule has 20 heavy (non-hydrogen) atoms. The van der Waals surface area contributed by atoms with Crippen LogP contribution in [0.25, 0.3) is 11.3 Å². The topological polar surface area (TPSA) is 68.1 Å². The van der Waals surface area contributed by atoms with E-state index >= 15 is 0 Å². The summed E-state index contributed by atoms with van der Waals surface area (Å²) < 4.78 is 13.4. The van der Waals surface area contributed by atoms with Gasteiger partial charge in [-0.15, -0.1) is 0 Å². The Bertz CT molecular complexity index is 644. The molecule has 0 radical (unpaired) electrons. The smallest absolute Gasteiger partial charge is 0.275 e. The van der Waals surface area contributed by atoms with Crippen LogP contribution in [0.1, 0.15) is 6.92 Å². The van der Waals surface area contributed by atoms with Crippen LogP contribution in [-0.2, 0) is 0 Å². The van der Waals surface area contributed by atoms with Gasteiger partial charge in [0.15, 0.2) is 0 Å². The maximum Gasteiger partial charge on any atom is 0.275 e. The Labute approximate surface area is 119 Å². The molecule has 2 aromatic rings. The molecule has 1 N–H and O–H groups in total. The van der Waals surface area contributed by atoms with E-state index in [2.05, 4.69) is 10.3 Å². The molecule has 0 atom stereocenters. The van der Waals surface area contributed by atoms with Gasteiger partial charge < -0.3 is 5.32 Å². The van der Waals surface area contributed by atoms with E-state index in [1.165, 1.54) is 24.3 Å². The van der Waals surface area contributed by atoms with Crippen molar-refractivity contribution in [3.8, 4) is 11.3 Å². The zero-order chi connectivity index (χ0) is 14.7. The van der Waals surface area contributed by atoms with Gasteiger partial charge in [0.05, 0.1) is 16.7 Å². The largest absolute Gasteiger partial charge is 0.370 e. The highest BCUT2D eigenvalue weighted by Crippen LogP contribution is 2.27. The Morgan fingerprint density at radius 2 is 2.10 bits per heavy atom. The maximum atomic E-state index is 13.4.